The minimum atomic E-state index is -0.465. The van der Waals surface area contributed by atoms with Crippen LogP contribution >= 0.6 is 11.8 Å². The lowest BCUT2D eigenvalue weighted by Crippen LogP contribution is -2.03. The fourth-order valence-electron chi connectivity index (χ4n) is 2.00. The fourth-order valence-corrected chi connectivity index (χ4v) is 2.71. The topological polar surface area (TPSA) is 116 Å². The molecule has 0 aliphatic heterocycles. The third kappa shape index (κ3) is 4.23. The first kappa shape index (κ1) is 16.7. The van der Waals surface area contributed by atoms with Crippen LogP contribution in [0.2, 0.25) is 0 Å². The Labute approximate surface area is 146 Å². The highest BCUT2D eigenvalue weighted by Gasteiger charge is 2.10. The summed E-state index contributed by atoms with van der Waals surface area (Å²) in [5, 5.41) is 32.2. The van der Waals surface area contributed by atoms with E-state index in [0.29, 0.717) is 23.3 Å². The predicted molar refractivity (Wildman–Crippen MR) is 90.1 cm³/mol. The van der Waals surface area contributed by atoms with Gasteiger partial charge in [0.15, 0.2) is 0 Å². The zero-order chi connectivity index (χ0) is 17.6. The van der Waals surface area contributed by atoms with Gasteiger partial charge in [-0.2, -0.15) is 4.68 Å². The van der Waals surface area contributed by atoms with Crippen molar-refractivity contribution in [2.45, 2.75) is 5.16 Å². The van der Waals surface area contributed by atoms with Crippen LogP contribution < -0.4 is 4.74 Å². The van der Waals surface area contributed by atoms with Gasteiger partial charge in [0, 0.05) is 11.8 Å². The number of nitrogens with zero attached hydrogens (tertiary/aromatic N) is 5. The van der Waals surface area contributed by atoms with Crippen molar-refractivity contribution in [3.05, 3.63) is 58.6 Å². The maximum Gasteiger partial charge on any atom is 0.273 e. The number of thioether (sulfide) groups is 1. The summed E-state index contributed by atoms with van der Waals surface area (Å²) in [6.07, 6.45) is 0. The Bertz CT molecular complexity index is 868. The SMILES string of the molecule is O=[N+]([O-])c1cccc(OCCSc2nnnn2-c2ccc(O)cc2)c1. The first-order valence-corrected chi connectivity index (χ1v) is 8.20. The molecule has 0 atom stereocenters. The molecule has 128 valence electrons. The Hall–Kier alpha value is -3.14. The second kappa shape index (κ2) is 7.62. The largest absolute Gasteiger partial charge is 0.508 e. The van der Waals surface area contributed by atoms with E-state index in [1.54, 1.807) is 41.1 Å². The highest BCUT2D eigenvalue weighted by molar-refractivity contribution is 7.99. The number of tetrazole rings is 1. The second-order valence-electron chi connectivity index (χ2n) is 4.84. The number of hydrogen-bond donors (Lipinski definition) is 1. The van der Waals surface area contributed by atoms with Crippen LogP contribution in [-0.2, 0) is 0 Å². The van der Waals surface area contributed by atoms with Crippen molar-refractivity contribution in [3.63, 3.8) is 0 Å². The maximum atomic E-state index is 10.7. The molecule has 3 aromatic rings. The summed E-state index contributed by atoms with van der Waals surface area (Å²) >= 11 is 1.39. The van der Waals surface area contributed by atoms with Crippen molar-refractivity contribution in [1.29, 1.82) is 0 Å². The van der Waals surface area contributed by atoms with E-state index in [1.165, 1.54) is 23.9 Å². The molecule has 0 saturated carbocycles. The molecule has 3 rings (SSSR count). The summed E-state index contributed by atoms with van der Waals surface area (Å²) in [5.41, 5.74) is 0.714. The summed E-state index contributed by atoms with van der Waals surface area (Å²) < 4.78 is 7.07. The van der Waals surface area contributed by atoms with Gasteiger partial charge in [-0.25, -0.2) is 0 Å². The molecule has 1 N–H and O–H groups in total. The lowest BCUT2D eigenvalue weighted by atomic mass is 10.3. The number of phenols is 1. The normalized spacial score (nSPS) is 10.6. The van der Waals surface area contributed by atoms with Crippen LogP contribution in [0.4, 0.5) is 5.69 Å². The molecule has 0 saturated heterocycles. The van der Waals surface area contributed by atoms with E-state index in [1.807, 2.05) is 0 Å². The fraction of sp³-hybridized carbons (Fsp3) is 0.133. The highest BCUT2D eigenvalue weighted by atomic mass is 32.2. The molecular formula is C15H13N5O4S. The Morgan fingerprint density at radius 2 is 2.04 bits per heavy atom. The predicted octanol–water partition coefficient (Wildman–Crippen LogP) is 2.45. The second-order valence-corrected chi connectivity index (χ2v) is 5.90. The lowest BCUT2D eigenvalue weighted by molar-refractivity contribution is -0.384. The van der Waals surface area contributed by atoms with Crippen molar-refractivity contribution < 1.29 is 14.8 Å². The molecule has 0 unspecified atom stereocenters. The molecule has 9 nitrogen and oxygen atoms in total. The number of ether oxygens (including phenoxy) is 1. The van der Waals surface area contributed by atoms with Gasteiger partial charge in [0.1, 0.15) is 11.5 Å². The number of nitro benzene ring substituents is 1. The smallest absolute Gasteiger partial charge is 0.273 e. The maximum absolute atomic E-state index is 10.7. The van der Waals surface area contributed by atoms with Crippen molar-refractivity contribution in [3.8, 4) is 17.2 Å². The molecule has 10 heteroatoms. The standard InChI is InChI=1S/C15H13N5O4S/c21-13-6-4-11(5-7-13)19-15(16-17-18-19)25-9-8-24-14-3-1-2-12(10-14)20(22)23/h1-7,10,21H,8-9H2. The van der Waals surface area contributed by atoms with E-state index in [4.69, 9.17) is 4.74 Å². The quantitative estimate of drug-likeness (QED) is 0.296. The van der Waals surface area contributed by atoms with Crippen LogP contribution in [0, 0.1) is 10.1 Å². The van der Waals surface area contributed by atoms with Crippen LogP contribution in [0.5, 0.6) is 11.5 Å². The number of non-ortho nitro benzene ring substituents is 1. The number of benzene rings is 2. The van der Waals surface area contributed by atoms with Gasteiger partial charge < -0.3 is 9.84 Å². The van der Waals surface area contributed by atoms with E-state index >= 15 is 0 Å². The third-order valence-corrected chi connectivity index (χ3v) is 4.03. The monoisotopic (exact) mass is 359 g/mol. The molecule has 0 radical (unpaired) electrons. The van der Waals surface area contributed by atoms with E-state index < -0.39 is 4.92 Å². The molecular weight excluding hydrogens is 346 g/mol. The number of hydrogen-bond acceptors (Lipinski definition) is 8. The summed E-state index contributed by atoms with van der Waals surface area (Å²) in [6.45, 7) is 0.342. The Balaban J connectivity index is 1.57. The highest BCUT2D eigenvalue weighted by Crippen LogP contribution is 2.22. The minimum absolute atomic E-state index is 0.0126. The molecule has 0 bridgehead atoms. The Kier molecular flexibility index (Phi) is 5.09. The summed E-state index contributed by atoms with van der Waals surface area (Å²) in [5.74, 6) is 1.16. The van der Waals surface area contributed by atoms with Crippen molar-refractivity contribution >= 4 is 17.4 Å². The number of rotatable bonds is 7. The first-order valence-electron chi connectivity index (χ1n) is 7.21. The van der Waals surface area contributed by atoms with Gasteiger partial charge in [0.05, 0.1) is 23.3 Å². The molecule has 1 aromatic heterocycles. The zero-order valence-electron chi connectivity index (χ0n) is 12.8. The molecule has 0 amide bonds. The minimum Gasteiger partial charge on any atom is -0.508 e. The van der Waals surface area contributed by atoms with Crippen molar-refractivity contribution in [2.75, 3.05) is 12.4 Å². The number of nitro groups is 1. The van der Waals surface area contributed by atoms with Gasteiger partial charge in [0.2, 0.25) is 5.16 Å². The van der Waals surface area contributed by atoms with Crippen molar-refractivity contribution in [2.24, 2.45) is 0 Å². The van der Waals surface area contributed by atoms with Gasteiger partial charge in [-0.1, -0.05) is 17.8 Å². The van der Waals surface area contributed by atoms with Crippen LogP contribution in [0.1, 0.15) is 0 Å². The van der Waals surface area contributed by atoms with E-state index in [-0.39, 0.29) is 11.4 Å². The van der Waals surface area contributed by atoms with Crippen LogP contribution in [0.3, 0.4) is 0 Å². The van der Waals surface area contributed by atoms with Gasteiger partial charge in [-0.05, 0) is 40.8 Å². The van der Waals surface area contributed by atoms with Crippen LogP contribution in [0.25, 0.3) is 5.69 Å². The van der Waals surface area contributed by atoms with E-state index in [9.17, 15) is 15.2 Å². The molecule has 0 aliphatic carbocycles. The average Bonchev–Trinajstić information content (AvgIpc) is 3.08. The summed E-state index contributed by atoms with van der Waals surface area (Å²) in [4.78, 5) is 10.3. The number of aromatic hydroxyl groups is 1. The third-order valence-electron chi connectivity index (χ3n) is 3.15. The molecule has 2 aromatic carbocycles. The molecule has 0 spiro atoms. The average molecular weight is 359 g/mol. The lowest BCUT2D eigenvalue weighted by Gasteiger charge is -2.06. The molecule has 25 heavy (non-hydrogen) atoms. The van der Waals surface area contributed by atoms with Gasteiger partial charge in [-0.3, -0.25) is 10.1 Å². The number of phenolic OH excluding ortho intramolecular Hbond substituents is 1. The zero-order valence-corrected chi connectivity index (χ0v) is 13.7. The Morgan fingerprint density at radius 3 is 2.80 bits per heavy atom. The van der Waals surface area contributed by atoms with Gasteiger partial charge >= 0.3 is 0 Å². The van der Waals surface area contributed by atoms with Crippen molar-refractivity contribution in [1.82, 2.24) is 20.2 Å². The van der Waals surface area contributed by atoms with Crippen LogP contribution in [-0.4, -0.2) is 42.6 Å². The van der Waals surface area contributed by atoms with Gasteiger partial charge in [0.25, 0.3) is 5.69 Å². The van der Waals surface area contributed by atoms with Crippen LogP contribution in [0.15, 0.2) is 53.7 Å². The van der Waals surface area contributed by atoms with Gasteiger partial charge in [-0.15, -0.1) is 5.10 Å². The van der Waals surface area contributed by atoms with E-state index in [2.05, 4.69) is 15.5 Å². The molecule has 1 heterocycles. The van der Waals surface area contributed by atoms with E-state index in [0.717, 1.165) is 5.69 Å². The summed E-state index contributed by atoms with van der Waals surface area (Å²) in [7, 11) is 0. The Morgan fingerprint density at radius 1 is 1.24 bits per heavy atom. The first-order chi connectivity index (χ1) is 12.1. The number of aromatic nitrogens is 4. The summed E-state index contributed by atoms with van der Waals surface area (Å²) in [6, 6.07) is 12.5. The molecule has 0 aliphatic rings. The molecule has 0 fully saturated rings.